The third-order valence-electron chi connectivity index (χ3n) is 5.41. The molecule has 2 aromatic carbocycles. The second-order valence-corrected chi connectivity index (χ2v) is 9.99. The average molecular weight is 486 g/mol. The summed E-state index contributed by atoms with van der Waals surface area (Å²) >= 11 is 6.35. The second kappa shape index (κ2) is 10.5. The number of benzene rings is 2. The summed E-state index contributed by atoms with van der Waals surface area (Å²) in [5.41, 5.74) is 1.31. The molecule has 1 saturated carbocycles. The molecule has 0 saturated heterocycles. The van der Waals surface area contributed by atoms with Crippen LogP contribution in [0.1, 0.15) is 57.7 Å². The lowest BCUT2D eigenvalue weighted by Gasteiger charge is -2.34. The third-order valence-corrected chi connectivity index (χ3v) is 5.73. The van der Waals surface area contributed by atoms with Crippen LogP contribution in [-0.2, 0) is 14.3 Å². The maximum absolute atomic E-state index is 13.7. The zero-order valence-electron chi connectivity index (χ0n) is 20.2. The molecular weight excluding hydrogens is 454 g/mol. The van der Waals surface area contributed by atoms with Gasteiger partial charge in [0.05, 0.1) is 10.7 Å². The number of nitrogens with one attached hydrogen (secondary N) is 2. The van der Waals surface area contributed by atoms with Gasteiger partial charge in [0.15, 0.2) is 0 Å². The van der Waals surface area contributed by atoms with Crippen molar-refractivity contribution >= 4 is 35.2 Å². The number of hydrogen-bond acceptors (Lipinski definition) is 4. The number of rotatable bonds is 7. The second-order valence-electron chi connectivity index (χ2n) is 9.58. The molecule has 1 fully saturated rings. The molecule has 0 aliphatic heterocycles. The topological polar surface area (TPSA) is 87.7 Å². The van der Waals surface area contributed by atoms with E-state index in [9.17, 15) is 14.4 Å². The maximum atomic E-state index is 13.7. The van der Waals surface area contributed by atoms with E-state index in [4.69, 9.17) is 16.3 Å². The monoisotopic (exact) mass is 485 g/mol. The minimum atomic E-state index is -0.889. The minimum absolute atomic E-state index is 0.0984. The lowest BCUT2D eigenvalue weighted by atomic mass is 10.0. The van der Waals surface area contributed by atoms with Crippen LogP contribution in [0.5, 0.6) is 0 Å². The third kappa shape index (κ3) is 6.50. The number of alkyl carbamates (subject to hydrolysis) is 1. The molecule has 1 aliphatic carbocycles. The average Bonchev–Trinajstić information content (AvgIpc) is 3.58. The summed E-state index contributed by atoms with van der Waals surface area (Å²) in [7, 11) is 0. The Labute approximate surface area is 205 Å². The molecule has 0 spiro atoms. The summed E-state index contributed by atoms with van der Waals surface area (Å²) in [5, 5.41) is 5.96. The van der Waals surface area contributed by atoms with Crippen LogP contribution in [0.4, 0.5) is 10.5 Å². The zero-order chi connectivity index (χ0) is 25.0. The van der Waals surface area contributed by atoms with E-state index in [1.54, 1.807) is 38.7 Å². The molecule has 182 valence electrons. The van der Waals surface area contributed by atoms with Gasteiger partial charge in [-0.25, -0.2) is 4.79 Å². The molecule has 2 aromatic rings. The molecule has 3 rings (SSSR count). The first-order valence-corrected chi connectivity index (χ1v) is 11.8. The summed E-state index contributed by atoms with van der Waals surface area (Å²) in [4.78, 5) is 41.1. The Balaban J connectivity index is 1.91. The van der Waals surface area contributed by atoms with Gasteiger partial charge in [0.1, 0.15) is 17.7 Å². The van der Waals surface area contributed by atoms with Crippen LogP contribution in [-0.4, -0.2) is 40.5 Å². The van der Waals surface area contributed by atoms with Crippen molar-refractivity contribution in [3.05, 3.63) is 64.7 Å². The highest BCUT2D eigenvalue weighted by molar-refractivity contribution is 6.34. The van der Waals surface area contributed by atoms with E-state index in [2.05, 4.69) is 10.6 Å². The zero-order valence-corrected chi connectivity index (χ0v) is 21.0. The molecule has 2 atom stereocenters. The van der Waals surface area contributed by atoms with Crippen LogP contribution in [0.25, 0.3) is 0 Å². The molecule has 0 heterocycles. The first-order valence-electron chi connectivity index (χ1n) is 11.4. The van der Waals surface area contributed by atoms with Crippen molar-refractivity contribution < 1.29 is 19.1 Å². The van der Waals surface area contributed by atoms with Crippen LogP contribution in [0.15, 0.2) is 48.5 Å². The Hall–Kier alpha value is -3.06. The van der Waals surface area contributed by atoms with Gasteiger partial charge >= 0.3 is 6.09 Å². The number of hydrogen-bond donors (Lipinski definition) is 2. The Morgan fingerprint density at radius 3 is 2.26 bits per heavy atom. The van der Waals surface area contributed by atoms with Crippen molar-refractivity contribution in [1.29, 1.82) is 0 Å². The standard InChI is InChI=1S/C26H32ClN3O4/c1-16-10-9-13-20(27)21(16)29-23(31)22(18-11-7-6-8-12-18)30(19-14-15-19)24(32)17(2)28-25(33)34-26(3,4)5/h6-13,17,19,22H,14-15H2,1-5H3,(H,28,33)(H,29,31). The minimum Gasteiger partial charge on any atom is -0.444 e. The molecule has 8 heteroatoms. The summed E-state index contributed by atoms with van der Waals surface area (Å²) in [6.45, 7) is 8.71. The first-order chi connectivity index (χ1) is 16.0. The number of carbonyl (C=O) groups excluding carboxylic acids is 3. The molecule has 2 unspecified atom stereocenters. The molecule has 7 nitrogen and oxygen atoms in total. The summed E-state index contributed by atoms with van der Waals surface area (Å²) in [5.74, 6) is -0.722. The Morgan fingerprint density at radius 1 is 1.06 bits per heavy atom. The van der Waals surface area contributed by atoms with E-state index in [1.807, 2.05) is 49.4 Å². The van der Waals surface area contributed by atoms with Crippen molar-refractivity contribution in [2.75, 3.05) is 5.32 Å². The number of aryl methyl sites for hydroxylation is 1. The summed E-state index contributed by atoms with van der Waals surface area (Å²) in [6, 6.07) is 12.7. The highest BCUT2D eigenvalue weighted by Gasteiger charge is 2.43. The number of ether oxygens (including phenoxy) is 1. The molecule has 0 radical (unpaired) electrons. The predicted octanol–water partition coefficient (Wildman–Crippen LogP) is 5.23. The van der Waals surface area contributed by atoms with E-state index in [1.165, 1.54) is 0 Å². The molecule has 3 amide bonds. The number of amides is 3. The van der Waals surface area contributed by atoms with Gasteiger partial charge in [-0.05, 0) is 64.7 Å². The largest absolute Gasteiger partial charge is 0.444 e. The van der Waals surface area contributed by atoms with E-state index in [0.717, 1.165) is 18.4 Å². The van der Waals surface area contributed by atoms with E-state index < -0.39 is 23.8 Å². The van der Waals surface area contributed by atoms with Crippen molar-refractivity contribution in [3.63, 3.8) is 0 Å². The molecule has 0 aromatic heterocycles. The smallest absolute Gasteiger partial charge is 0.408 e. The predicted molar refractivity (Wildman–Crippen MR) is 133 cm³/mol. The normalized spacial score (nSPS) is 15.1. The number of anilines is 1. The molecule has 1 aliphatic rings. The lowest BCUT2D eigenvalue weighted by Crippen LogP contribution is -2.52. The summed E-state index contributed by atoms with van der Waals surface area (Å²) < 4.78 is 5.30. The van der Waals surface area contributed by atoms with Gasteiger partial charge < -0.3 is 20.3 Å². The lowest BCUT2D eigenvalue weighted by molar-refractivity contribution is -0.141. The van der Waals surface area contributed by atoms with Gasteiger partial charge in [-0.15, -0.1) is 0 Å². The number of halogens is 1. The summed E-state index contributed by atoms with van der Waals surface area (Å²) in [6.07, 6.45) is 0.885. The molecule has 34 heavy (non-hydrogen) atoms. The Bertz CT molecular complexity index is 1030. The Morgan fingerprint density at radius 2 is 1.71 bits per heavy atom. The van der Waals surface area contributed by atoms with Gasteiger partial charge in [0.2, 0.25) is 5.91 Å². The Kier molecular flexibility index (Phi) is 7.87. The van der Waals surface area contributed by atoms with Crippen molar-refractivity contribution in [3.8, 4) is 0 Å². The van der Waals surface area contributed by atoms with E-state index in [-0.39, 0.29) is 17.9 Å². The van der Waals surface area contributed by atoms with E-state index in [0.29, 0.717) is 16.3 Å². The fourth-order valence-corrected chi connectivity index (χ4v) is 3.96. The SMILES string of the molecule is Cc1cccc(Cl)c1NC(=O)C(c1ccccc1)N(C(=O)C(C)NC(=O)OC(C)(C)C)C1CC1. The van der Waals surface area contributed by atoms with Crippen LogP contribution < -0.4 is 10.6 Å². The van der Waals surface area contributed by atoms with Crippen molar-refractivity contribution in [1.82, 2.24) is 10.2 Å². The fourth-order valence-electron chi connectivity index (χ4n) is 3.70. The van der Waals surface area contributed by atoms with Gasteiger partial charge in [0, 0.05) is 6.04 Å². The van der Waals surface area contributed by atoms with Crippen molar-refractivity contribution in [2.24, 2.45) is 0 Å². The van der Waals surface area contributed by atoms with Gasteiger partial charge in [-0.3, -0.25) is 9.59 Å². The van der Waals surface area contributed by atoms with Crippen LogP contribution in [0.2, 0.25) is 5.02 Å². The maximum Gasteiger partial charge on any atom is 0.408 e. The first kappa shape index (κ1) is 25.6. The number of carbonyl (C=O) groups is 3. The number of nitrogens with zero attached hydrogens (tertiary/aromatic N) is 1. The quantitative estimate of drug-likeness (QED) is 0.562. The van der Waals surface area contributed by atoms with Gasteiger partial charge in [0.25, 0.3) is 5.91 Å². The molecule has 0 bridgehead atoms. The fraction of sp³-hybridized carbons (Fsp3) is 0.423. The number of para-hydroxylation sites is 1. The van der Waals surface area contributed by atoms with Crippen molar-refractivity contribution in [2.45, 2.75) is 71.2 Å². The van der Waals surface area contributed by atoms with Gasteiger partial charge in [-0.2, -0.15) is 0 Å². The molecular formula is C26H32ClN3O4. The highest BCUT2D eigenvalue weighted by atomic mass is 35.5. The van der Waals surface area contributed by atoms with Crippen LogP contribution >= 0.6 is 11.6 Å². The van der Waals surface area contributed by atoms with Gasteiger partial charge in [-0.1, -0.05) is 54.1 Å². The van der Waals surface area contributed by atoms with Crippen LogP contribution in [0.3, 0.4) is 0 Å². The van der Waals surface area contributed by atoms with E-state index >= 15 is 0 Å². The van der Waals surface area contributed by atoms with Crippen LogP contribution in [0, 0.1) is 6.92 Å². The molecule has 2 N–H and O–H groups in total. The highest BCUT2D eigenvalue weighted by Crippen LogP contribution is 2.36.